The van der Waals surface area contributed by atoms with Crippen molar-refractivity contribution in [2.24, 2.45) is 0 Å². The molecule has 9 heteroatoms. The van der Waals surface area contributed by atoms with E-state index in [4.69, 9.17) is 32.7 Å². The minimum atomic E-state index is 0. The van der Waals surface area contributed by atoms with Crippen LogP contribution in [0.5, 0.6) is 17.4 Å². The van der Waals surface area contributed by atoms with Gasteiger partial charge in [0.1, 0.15) is 12.4 Å². The first-order valence-electron chi connectivity index (χ1n) is 14.7. The number of rotatable bonds is 9. The molecule has 0 bridgehead atoms. The number of pyridine rings is 1. The largest absolute Gasteiger partial charge is 0.487 e. The van der Waals surface area contributed by atoms with Crippen molar-refractivity contribution >= 4 is 51.7 Å². The van der Waals surface area contributed by atoms with Gasteiger partial charge in [0.2, 0.25) is 11.8 Å². The highest BCUT2D eigenvalue weighted by molar-refractivity contribution is 8.93. The minimum Gasteiger partial charge on any atom is -0.487 e. The Bertz CT molecular complexity index is 1630. The summed E-state index contributed by atoms with van der Waals surface area (Å²) in [5.74, 6) is 1.58. The molecule has 45 heavy (non-hydrogen) atoms. The van der Waals surface area contributed by atoms with E-state index in [0.717, 1.165) is 47.5 Å². The van der Waals surface area contributed by atoms with E-state index in [1.54, 1.807) is 18.3 Å². The highest BCUT2D eigenvalue weighted by atomic mass is 79.9. The fraction of sp³-hybridized carbons (Fsp3) is 0.278. The lowest BCUT2D eigenvalue weighted by molar-refractivity contribution is -0.128. The Hall–Kier alpha value is -3.36. The first-order valence-corrected chi connectivity index (χ1v) is 15.5. The molecule has 0 N–H and O–H groups in total. The Morgan fingerprint density at radius 1 is 0.889 bits per heavy atom. The standard InChI is InChI=1S/C36H37Cl2N3O3.BrH/c1-24-9-11-28(12-10-24)22-40-15-17-41(18-16-40)36(42)27(4)26(3)30-19-25(2)35(33(38)20-30)44-34-14-13-31(21-39-34)43-23-29-7-5-6-8-32(29)37;/h5-14,19-21H,15-18,22-23H2,1-4H3;1H. The van der Waals surface area contributed by atoms with E-state index in [0.29, 0.717) is 47.1 Å². The van der Waals surface area contributed by atoms with E-state index >= 15 is 0 Å². The molecule has 0 radical (unpaired) electrons. The van der Waals surface area contributed by atoms with Gasteiger partial charge in [0.25, 0.3) is 0 Å². The van der Waals surface area contributed by atoms with Crippen molar-refractivity contribution in [2.75, 3.05) is 26.2 Å². The highest BCUT2D eigenvalue weighted by Crippen LogP contribution is 2.36. The third-order valence-electron chi connectivity index (χ3n) is 8.00. The van der Waals surface area contributed by atoms with Crippen molar-refractivity contribution in [3.63, 3.8) is 0 Å². The number of aromatic nitrogens is 1. The van der Waals surface area contributed by atoms with E-state index in [1.807, 2.05) is 62.1 Å². The molecule has 5 rings (SSSR count). The van der Waals surface area contributed by atoms with Crippen LogP contribution < -0.4 is 9.47 Å². The number of nitrogens with zero attached hydrogens (tertiary/aromatic N) is 3. The number of carbonyl (C=O) groups is 1. The minimum absolute atomic E-state index is 0. The van der Waals surface area contributed by atoms with Crippen molar-refractivity contribution < 1.29 is 14.3 Å². The maximum Gasteiger partial charge on any atom is 0.249 e. The summed E-state index contributed by atoms with van der Waals surface area (Å²) in [6.07, 6.45) is 1.61. The summed E-state index contributed by atoms with van der Waals surface area (Å²) in [4.78, 5) is 22.2. The van der Waals surface area contributed by atoms with Gasteiger partial charge < -0.3 is 14.4 Å². The summed E-state index contributed by atoms with van der Waals surface area (Å²) >= 11 is 12.9. The van der Waals surface area contributed by atoms with Gasteiger partial charge in [-0.2, -0.15) is 0 Å². The first kappa shape index (κ1) is 34.5. The molecule has 0 atom stereocenters. The second-order valence-electron chi connectivity index (χ2n) is 11.2. The van der Waals surface area contributed by atoms with Crippen molar-refractivity contribution in [1.29, 1.82) is 0 Å². The lowest BCUT2D eigenvalue weighted by Gasteiger charge is -2.35. The Labute approximate surface area is 286 Å². The fourth-order valence-corrected chi connectivity index (χ4v) is 5.64. The van der Waals surface area contributed by atoms with Crippen molar-refractivity contribution in [3.05, 3.63) is 122 Å². The van der Waals surface area contributed by atoms with Gasteiger partial charge in [-0.15, -0.1) is 17.0 Å². The normalized spacial score (nSPS) is 14.0. The van der Waals surface area contributed by atoms with Crippen LogP contribution in [0.3, 0.4) is 0 Å². The average molecular weight is 712 g/mol. The van der Waals surface area contributed by atoms with E-state index in [2.05, 4.69) is 41.1 Å². The van der Waals surface area contributed by atoms with Gasteiger partial charge in [0, 0.05) is 54.9 Å². The number of hydrogen-bond donors (Lipinski definition) is 0. The number of piperazine rings is 1. The second-order valence-corrected chi connectivity index (χ2v) is 12.0. The monoisotopic (exact) mass is 709 g/mol. The van der Waals surface area contributed by atoms with E-state index in [1.165, 1.54) is 11.1 Å². The smallest absolute Gasteiger partial charge is 0.249 e. The van der Waals surface area contributed by atoms with Crippen LogP contribution in [-0.4, -0.2) is 46.9 Å². The molecule has 0 aliphatic carbocycles. The topological polar surface area (TPSA) is 54.9 Å². The number of benzene rings is 3. The molecule has 2 heterocycles. The molecule has 0 saturated carbocycles. The van der Waals surface area contributed by atoms with Crippen LogP contribution in [0.1, 0.15) is 41.7 Å². The molecule has 6 nitrogen and oxygen atoms in total. The first-order chi connectivity index (χ1) is 21.2. The van der Waals surface area contributed by atoms with Gasteiger partial charge in [0.05, 0.1) is 11.2 Å². The molecule has 236 valence electrons. The van der Waals surface area contributed by atoms with E-state index in [9.17, 15) is 4.79 Å². The summed E-state index contributed by atoms with van der Waals surface area (Å²) in [5, 5.41) is 1.11. The summed E-state index contributed by atoms with van der Waals surface area (Å²) in [5.41, 5.74) is 6.81. The van der Waals surface area contributed by atoms with Gasteiger partial charge >= 0.3 is 0 Å². The van der Waals surface area contributed by atoms with Crippen molar-refractivity contribution in [1.82, 2.24) is 14.8 Å². The van der Waals surface area contributed by atoms with Gasteiger partial charge in [-0.1, -0.05) is 71.2 Å². The Balaban J connectivity index is 0.00000461. The van der Waals surface area contributed by atoms with Crippen molar-refractivity contribution in [2.45, 2.75) is 40.8 Å². The lowest BCUT2D eigenvalue weighted by atomic mass is 9.99. The second kappa shape index (κ2) is 15.8. The van der Waals surface area contributed by atoms with Crippen LogP contribution >= 0.6 is 40.2 Å². The molecule has 1 aromatic heterocycles. The molecule has 1 saturated heterocycles. The number of amides is 1. The highest BCUT2D eigenvalue weighted by Gasteiger charge is 2.23. The summed E-state index contributed by atoms with van der Waals surface area (Å²) < 4.78 is 11.9. The number of hydrogen-bond acceptors (Lipinski definition) is 5. The van der Waals surface area contributed by atoms with E-state index < -0.39 is 0 Å². The Kier molecular flexibility index (Phi) is 12.1. The number of halogens is 3. The van der Waals surface area contributed by atoms with Crippen molar-refractivity contribution in [3.8, 4) is 17.4 Å². The average Bonchev–Trinajstić information content (AvgIpc) is 3.03. The lowest BCUT2D eigenvalue weighted by Crippen LogP contribution is -2.48. The molecular weight excluding hydrogens is 673 g/mol. The molecule has 1 aliphatic heterocycles. The van der Waals surface area contributed by atoms with E-state index in [-0.39, 0.29) is 22.9 Å². The fourth-order valence-electron chi connectivity index (χ4n) is 5.15. The number of allylic oxidation sites excluding steroid dienone is 1. The van der Waals surface area contributed by atoms with Crippen LogP contribution in [0.25, 0.3) is 5.57 Å². The molecule has 1 fully saturated rings. The number of carbonyl (C=O) groups excluding carboxylic acids is 1. The molecule has 3 aromatic carbocycles. The predicted octanol–water partition coefficient (Wildman–Crippen LogP) is 9.09. The third kappa shape index (κ3) is 8.88. The van der Waals surface area contributed by atoms with Gasteiger partial charge in [-0.25, -0.2) is 4.98 Å². The van der Waals surface area contributed by atoms with Crippen LogP contribution in [0.2, 0.25) is 10.0 Å². The quantitative estimate of drug-likeness (QED) is 0.162. The Morgan fingerprint density at radius 3 is 2.24 bits per heavy atom. The molecule has 4 aromatic rings. The number of ether oxygens (including phenoxy) is 2. The SMILES string of the molecule is Br.CC(C(=O)N1CCN(Cc2ccc(C)cc2)CC1)=C(C)c1cc(C)c(Oc2ccc(OCc3ccccc3Cl)cn2)c(Cl)c1. The molecule has 1 aliphatic rings. The number of aryl methyl sites for hydroxylation is 2. The zero-order valence-corrected chi connectivity index (χ0v) is 29.2. The molecule has 1 amide bonds. The summed E-state index contributed by atoms with van der Waals surface area (Å²) in [6.45, 7) is 12.3. The van der Waals surface area contributed by atoms with Gasteiger partial charge in [0.15, 0.2) is 5.75 Å². The molecule has 0 spiro atoms. The molecule has 0 unspecified atom stereocenters. The van der Waals surface area contributed by atoms with Crippen LogP contribution in [-0.2, 0) is 17.9 Å². The van der Waals surface area contributed by atoms with Crippen LogP contribution in [0, 0.1) is 13.8 Å². The predicted molar refractivity (Wildman–Crippen MR) is 188 cm³/mol. The maximum absolute atomic E-state index is 13.4. The third-order valence-corrected chi connectivity index (χ3v) is 8.65. The van der Waals surface area contributed by atoms with Gasteiger partial charge in [-0.3, -0.25) is 9.69 Å². The summed E-state index contributed by atoms with van der Waals surface area (Å²) in [7, 11) is 0. The van der Waals surface area contributed by atoms with Crippen LogP contribution in [0.4, 0.5) is 0 Å². The Morgan fingerprint density at radius 2 is 1.60 bits per heavy atom. The maximum atomic E-state index is 13.4. The van der Waals surface area contributed by atoms with Gasteiger partial charge in [-0.05, 0) is 74.2 Å². The zero-order chi connectivity index (χ0) is 31.2. The zero-order valence-electron chi connectivity index (χ0n) is 26.0. The van der Waals surface area contributed by atoms with Crippen LogP contribution in [0.15, 0.2) is 84.6 Å². The molecular formula is C36H38BrCl2N3O3. The summed E-state index contributed by atoms with van der Waals surface area (Å²) in [6, 6.07) is 23.6.